The van der Waals surface area contributed by atoms with E-state index in [1.165, 1.54) is 28.6 Å². The first-order valence-corrected chi connectivity index (χ1v) is 7.69. The molecule has 0 spiro atoms. The molecule has 0 saturated carbocycles. The van der Waals surface area contributed by atoms with Crippen molar-refractivity contribution in [3.63, 3.8) is 0 Å². The van der Waals surface area contributed by atoms with Crippen LogP contribution in [-0.2, 0) is 14.8 Å². The van der Waals surface area contributed by atoms with Crippen molar-refractivity contribution >= 4 is 16.0 Å². The molecule has 0 radical (unpaired) electrons. The Morgan fingerprint density at radius 1 is 1.30 bits per heavy atom. The second-order valence-electron chi connectivity index (χ2n) is 4.46. The molecule has 0 aliphatic heterocycles. The predicted octanol–water partition coefficient (Wildman–Crippen LogP) is 1.57. The molecule has 0 aliphatic rings. The third kappa shape index (κ3) is 3.94. The highest BCUT2D eigenvalue weighted by Gasteiger charge is 2.25. The molecule has 0 bridgehead atoms. The molecule has 0 aliphatic carbocycles. The van der Waals surface area contributed by atoms with Crippen molar-refractivity contribution in [2.75, 3.05) is 13.2 Å². The maximum absolute atomic E-state index is 12.4. The van der Waals surface area contributed by atoms with Crippen LogP contribution in [0.15, 0.2) is 29.2 Å². The van der Waals surface area contributed by atoms with Crippen molar-refractivity contribution in [2.24, 2.45) is 0 Å². The SMILES string of the molecule is CCN(C(C)C)S(=O)(=O)c1ccc(OCC(=O)O)cc1. The molecule has 1 N–H and O–H groups in total. The van der Waals surface area contributed by atoms with Crippen LogP contribution < -0.4 is 4.74 Å². The van der Waals surface area contributed by atoms with Gasteiger partial charge in [0.2, 0.25) is 10.0 Å². The number of carboxylic acid groups (broad SMARTS) is 1. The van der Waals surface area contributed by atoms with Crippen LogP contribution >= 0.6 is 0 Å². The van der Waals surface area contributed by atoms with Gasteiger partial charge in [-0.2, -0.15) is 4.31 Å². The number of sulfonamides is 1. The molecule has 1 rings (SSSR count). The summed E-state index contributed by atoms with van der Waals surface area (Å²) < 4.78 is 31.1. The summed E-state index contributed by atoms with van der Waals surface area (Å²) in [6.45, 7) is 5.33. The number of aliphatic carboxylic acids is 1. The van der Waals surface area contributed by atoms with E-state index in [2.05, 4.69) is 0 Å². The molecule has 0 saturated heterocycles. The summed E-state index contributed by atoms with van der Waals surface area (Å²) in [7, 11) is -3.54. The Balaban J connectivity index is 2.94. The molecule has 112 valence electrons. The van der Waals surface area contributed by atoms with Crippen molar-refractivity contribution in [1.29, 1.82) is 0 Å². The largest absolute Gasteiger partial charge is 0.482 e. The number of ether oxygens (including phenoxy) is 1. The standard InChI is InChI=1S/C13H19NO5S/c1-4-14(10(2)3)20(17,18)12-7-5-11(6-8-12)19-9-13(15)16/h5-8,10H,4,9H2,1-3H3,(H,15,16). The van der Waals surface area contributed by atoms with Crippen LogP contribution in [0.1, 0.15) is 20.8 Å². The van der Waals surface area contributed by atoms with E-state index in [9.17, 15) is 13.2 Å². The number of rotatable bonds is 7. The summed E-state index contributed by atoms with van der Waals surface area (Å²) in [4.78, 5) is 10.5. The van der Waals surface area contributed by atoms with Gasteiger partial charge in [0, 0.05) is 12.6 Å². The summed E-state index contributed by atoms with van der Waals surface area (Å²) in [5, 5.41) is 8.50. The van der Waals surface area contributed by atoms with E-state index >= 15 is 0 Å². The van der Waals surface area contributed by atoms with Crippen LogP contribution in [0.3, 0.4) is 0 Å². The molecule has 0 aromatic heterocycles. The molecule has 1 aromatic carbocycles. The van der Waals surface area contributed by atoms with E-state index < -0.39 is 22.6 Å². The van der Waals surface area contributed by atoms with Crippen LogP contribution in [0, 0.1) is 0 Å². The zero-order chi connectivity index (χ0) is 15.3. The van der Waals surface area contributed by atoms with Crippen molar-refractivity contribution in [1.82, 2.24) is 4.31 Å². The summed E-state index contributed by atoms with van der Waals surface area (Å²) in [5.41, 5.74) is 0. The number of carboxylic acids is 1. The van der Waals surface area contributed by atoms with Crippen LogP contribution in [0.5, 0.6) is 5.75 Å². The molecule has 0 fully saturated rings. The van der Waals surface area contributed by atoms with Crippen molar-refractivity contribution < 1.29 is 23.1 Å². The first-order valence-electron chi connectivity index (χ1n) is 6.25. The van der Waals surface area contributed by atoms with E-state index in [4.69, 9.17) is 9.84 Å². The minimum Gasteiger partial charge on any atom is -0.482 e. The summed E-state index contributed by atoms with van der Waals surface area (Å²) in [6.07, 6.45) is 0. The molecule has 0 atom stereocenters. The Morgan fingerprint density at radius 2 is 1.85 bits per heavy atom. The van der Waals surface area contributed by atoms with Gasteiger partial charge in [-0.05, 0) is 38.1 Å². The third-order valence-electron chi connectivity index (χ3n) is 2.68. The molecule has 7 heteroatoms. The highest BCUT2D eigenvalue weighted by molar-refractivity contribution is 7.89. The molecule has 0 amide bonds. The second-order valence-corrected chi connectivity index (χ2v) is 6.35. The number of hydrogen-bond donors (Lipinski definition) is 1. The Bertz CT molecular complexity index is 551. The summed E-state index contributed by atoms with van der Waals surface area (Å²) >= 11 is 0. The second kappa shape index (κ2) is 6.71. The Kier molecular flexibility index (Phi) is 5.52. The first-order chi connectivity index (χ1) is 9.28. The lowest BCUT2D eigenvalue weighted by atomic mass is 10.3. The molecule has 0 heterocycles. The lowest BCUT2D eigenvalue weighted by molar-refractivity contribution is -0.139. The Hall–Kier alpha value is -1.60. The van der Waals surface area contributed by atoms with Crippen molar-refractivity contribution in [3.05, 3.63) is 24.3 Å². The van der Waals surface area contributed by atoms with Gasteiger partial charge in [0.05, 0.1) is 4.90 Å². The minimum atomic E-state index is -3.54. The van der Waals surface area contributed by atoms with Crippen LogP contribution in [0.2, 0.25) is 0 Å². The zero-order valence-electron chi connectivity index (χ0n) is 11.7. The van der Waals surface area contributed by atoms with E-state index in [-0.39, 0.29) is 10.9 Å². The Morgan fingerprint density at radius 3 is 2.25 bits per heavy atom. The van der Waals surface area contributed by atoms with Gasteiger partial charge in [0.15, 0.2) is 6.61 Å². The smallest absolute Gasteiger partial charge is 0.341 e. The molecule has 20 heavy (non-hydrogen) atoms. The summed E-state index contributed by atoms with van der Waals surface area (Å²) in [5.74, 6) is -0.766. The molecule has 1 aromatic rings. The molecular formula is C13H19NO5S. The van der Waals surface area contributed by atoms with Gasteiger partial charge in [-0.1, -0.05) is 6.92 Å². The molecule has 6 nitrogen and oxygen atoms in total. The fraction of sp³-hybridized carbons (Fsp3) is 0.462. The predicted molar refractivity (Wildman–Crippen MR) is 74.3 cm³/mol. The van der Waals surface area contributed by atoms with Gasteiger partial charge in [0.1, 0.15) is 5.75 Å². The molecular weight excluding hydrogens is 282 g/mol. The Labute approximate surface area is 119 Å². The molecule has 0 unspecified atom stereocenters. The quantitative estimate of drug-likeness (QED) is 0.826. The third-order valence-corrected chi connectivity index (χ3v) is 4.85. The monoisotopic (exact) mass is 301 g/mol. The number of nitrogens with zero attached hydrogens (tertiary/aromatic N) is 1. The van der Waals surface area contributed by atoms with Gasteiger partial charge in [-0.25, -0.2) is 13.2 Å². The van der Waals surface area contributed by atoms with E-state index in [0.29, 0.717) is 12.3 Å². The van der Waals surface area contributed by atoms with E-state index in [0.717, 1.165) is 0 Å². The fourth-order valence-corrected chi connectivity index (χ4v) is 3.45. The van der Waals surface area contributed by atoms with Crippen LogP contribution in [0.25, 0.3) is 0 Å². The lowest BCUT2D eigenvalue weighted by Gasteiger charge is -2.24. The van der Waals surface area contributed by atoms with Gasteiger partial charge in [-0.3, -0.25) is 0 Å². The lowest BCUT2D eigenvalue weighted by Crippen LogP contribution is -2.36. The van der Waals surface area contributed by atoms with Gasteiger partial charge in [0.25, 0.3) is 0 Å². The fourth-order valence-electron chi connectivity index (χ4n) is 1.80. The van der Waals surface area contributed by atoms with Gasteiger partial charge in [-0.15, -0.1) is 0 Å². The normalized spacial score (nSPS) is 11.8. The highest BCUT2D eigenvalue weighted by Crippen LogP contribution is 2.21. The van der Waals surface area contributed by atoms with Crippen molar-refractivity contribution in [3.8, 4) is 5.75 Å². The van der Waals surface area contributed by atoms with E-state index in [1.54, 1.807) is 6.92 Å². The van der Waals surface area contributed by atoms with E-state index in [1.807, 2.05) is 13.8 Å². The topological polar surface area (TPSA) is 83.9 Å². The van der Waals surface area contributed by atoms with Crippen molar-refractivity contribution in [2.45, 2.75) is 31.7 Å². The maximum Gasteiger partial charge on any atom is 0.341 e. The van der Waals surface area contributed by atoms with Crippen LogP contribution in [0.4, 0.5) is 0 Å². The summed E-state index contributed by atoms with van der Waals surface area (Å²) in [6, 6.07) is 5.59. The zero-order valence-corrected chi connectivity index (χ0v) is 12.6. The maximum atomic E-state index is 12.4. The number of hydrogen-bond acceptors (Lipinski definition) is 4. The average Bonchev–Trinajstić information content (AvgIpc) is 2.36. The highest BCUT2D eigenvalue weighted by atomic mass is 32.2. The van der Waals surface area contributed by atoms with Gasteiger partial charge < -0.3 is 9.84 Å². The minimum absolute atomic E-state index is 0.132. The van der Waals surface area contributed by atoms with Crippen LogP contribution in [-0.4, -0.2) is 43.0 Å². The number of carbonyl (C=O) groups is 1. The number of benzene rings is 1. The first kappa shape index (κ1) is 16.5. The van der Waals surface area contributed by atoms with Gasteiger partial charge >= 0.3 is 5.97 Å². The average molecular weight is 301 g/mol.